The van der Waals surface area contributed by atoms with E-state index < -0.39 is 23.6 Å². The van der Waals surface area contributed by atoms with E-state index in [0.717, 1.165) is 5.57 Å². The average Bonchev–Trinajstić information content (AvgIpc) is 2.78. The molecule has 0 radical (unpaired) electrons. The van der Waals surface area contributed by atoms with Crippen molar-refractivity contribution >= 4 is 17.7 Å². The standard InChI is InChI=1S/C25H36O5/c1-9-13(3)22(27)29-17-12-25(8)18-15(5)11-16(26)19(25)20(18)24(6,7)21(17)30-23(28)14(4)10-2/h10-11,13,17-21H,9,12H2,1-8H3/b14-10-/t13-,17+,18-,19+,20-,21+,25+/m0/s1. The molecule has 4 aliphatic carbocycles. The summed E-state index contributed by atoms with van der Waals surface area (Å²) in [6.07, 6.45) is 3.53. The highest BCUT2D eigenvalue weighted by atomic mass is 16.6. The third-order valence-corrected chi connectivity index (χ3v) is 8.15. The van der Waals surface area contributed by atoms with Gasteiger partial charge in [0.05, 0.1) is 5.92 Å². The van der Waals surface area contributed by atoms with Gasteiger partial charge in [0, 0.05) is 16.9 Å². The molecular weight excluding hydrogens is 380 g/mol. The van der Waals surface area contributed by atoms with Gasteiger partial charge in [0.15, 0.2) is 5.78 Å². The molecule has 166 valence electrons. The number of ether oxygens (including phenoxy) is 2. The summed E-state index contributed by atoms with van der Waals surface area (Å²) in [5, 5.41) is 0. The molecule has 4 aliphatic rings. The van der Waals surface area contributed by atoms with Gasteiger partial charge in [-0.2, -0.15) is 0 Å². The molecule has 0 amide bonds. The molecule has 7 atom stereocenters. The Morgan fingerprint density at radius 2 is 1.87 bits per heavy atom. The van der Waals surface area contributed by atoms with Crippen LogP contribution in [0.15, 0.2) is 23.3 Å². The first kappa shape index (κ1) is 22.8. The SMILES string of the molecule is C/C=C(/C)C(=O)O[C@@H]1[C@H](OC(=O)[C@@H](C)CC)C[C@@]2(C)[C@@H]3C(=O)C=C(C)[C@H]2[C@@H]3C1(C)C. The lowest BCUT2D eigenvalue weighted by atomic mass is 9.38. The monoisotopic (exact) mass is 416 g/mol. The van der Waals surface area contributed by atoms with Crippen LogP contribution in [-0.4, -0.2) is 29.9 Å². The molecule has 0 aromatic heterocycles. The van der Waals surface area contributed by atoms with Crippen LogP contribution in [0, 0.1) is 34.5 Å². The zero-order valence-corrected chi connectivity index (χ0v) is 19.6. The Morgan fingerprint density at radius 1 is 1.23 bits per heavy atom. The molecule has 4 bridgehead atoms. The van der Waals surface area contributed by atoms with Crippen molar-refractivity contribution in [3.8, 4) is 0 Å². The minimum atomic E-state index is -0.606. The van der Waals surface area contributed by atoms with Gasteiger partial charge < -0.3 is 9.47 Å². The van der Waals surface area contributed by atoms with Crippen LogP contribution in [0.2, 0.25) is 0 Å². The first-order valence-electron chi connectivity index (χ1n) is 11.2. The van der Waals surface area contributed by atoms with Crippen molar-refractivity contribution in [3.05, 3.63) is 23.3 Å². The van der Waals surface area contributed by atoms with E-state index in [4.69, 9.17) is 9.47 Å². The maximum Gasteiger partial charge on any atom is 0.333 e. The Morgan fingerprint density at radius 3 is 2.40 bits per heavy atom. The summed E-state index contributed by atoms with van der Waals surface area (Å²) in [4.78, 5) is 38.4. The van der Waals surface area contributed by atoms with Gasteiger partial charge >= 0.3 is 11.9 Å². The van der Waals surface area contributed by atoms with Crippen LogP contribution in [0.1, 0.15) is 68.2 Å². The maximum atomic E-state index is 13.0. The summed E-state index contributed by atoms with van der Waals surface area (Å²) >= 11 is 0. The van der Waals surface area contributed by atoms with E-state index in [9.17, 15) is 14.4 Å². The van der Waals surface area contributed by atoms with Crippen molar-refractivity contribution < 1.29 is 23.9 Å². The Labute approximate surface area is 180 Å². The molecule has 3 fully saturated rings. The van der Waals surface area contributed by atoms with E-state index in [1.54, 1.807) is 26.0 Å². The third-order valence-electron chi connectivity index (χ3n) is 8.15. The number of ketones is 1. The molecule has 30 heavy (non-hydrogen) atoms. The topological polar surface area (TPSA) is 69.7 Å². The third kappa shape index (κ3) is 3.25. The van der Waals surface area contributed by atoms with Crippen molar-refractivity contribution in [2.75, 3.05) is 0 Å². The number of rotatable bonds is 5. The van der Waals surface area contributed by atoms with Gasteiger partial charge in [-0.05, 0) is 56.9 Å². The van der Waals surface area contributed by atoms with Crippen LogP contribution in [0.5, 0.6) is 0 Å². The average molecular weight is 417 g/mol. The minimum absolute atomic E-state index is 0.0658. The molecule has 5 heteroatoms. The number of carbonyl (C=O) groups excluding carboxylic acids is 3. The summed E-state index contributed by atoms with van der Waals surface area (Å²) in [7, 11) is 0. The van der Waals surface area contributed by atoms with Gasteiger partial charge in [0.25, 0.3) is 0 Å². The fourth-order valence-electron chi connectivity index (χ4n) is 6.21. The number of hydrogen-bond acceptors (Lipinski definition) is 5. The molecule has 5 nitrogen and oxygen atoms in total. The Bertz CT molecular complexity index is 819. The fraction of sp³-hybridized carbons (Fsp3) is 0.720. The van der Waals surface area contributed by atoms with Crippen LogP contribution in [-0.2, 0) is 23.9 Å². The van der Waals surface area contributed by atoms with Gasteiger partial charge in [-0.3, -0.25) is 9.59 Å². The molecule has 0 heterocycles. The van der Waals surface area contributed by atoms with Gasteiger partial charge in [-0.1, -0.05) is 46.3 Å². The van der Waals surface area contributed by atoms with E-state index in [1.807, 2.05) is 20.8 Å². The van der Waals surface area contributed by atoms with E-state index in [0.29, 0.717) is 18.4 Å². The van der Waals surface area contributed by atoms with Gasteiger partial charge in [0.1, 0.15) is 12.2 Å². The van der Waals surface area contributed by atoms with Crippen LogP contribution in [0.25, 0.3) is 0 Å². The van der Waals surface area contributed by atoms with Crippen molar-refractivity contribution in [1.82, 2.24) is 0 Å². The van der Waals surface area contributed by atoms with Crippen LogP contribution in [0.4, 0.5) is 0 Å². The predicted molar refractivity (Wildman–Crippen MR) is 114 cm³/mol. The first-order chi connectivity index (χ1) is 13.9. The second-order valence-corrected chi connectivity index (χ2v) is 10.4. The summed E-state index contributed by atoms with van der Waals surface area (Å²) < 4.78 is 12.0. The summed E-state index contributed by atoms with van der Waals surface area (Å²) in [5.41, 5.74) is 0.815. The highest BCUT2D eigenvalue weighted by molar-refractivity contribution is 5.96. The molecule has 0 aromatic carbocycles. The van der Waals surface area contributed by atoms with Crippen molar-refractivity contribution in [3.63, 3.8) is 0 Å². The summed E-state index contributed by atoms with van der Waals surface area (Å²) in [6.45, 7) is 15.6. The second kappa shape index (κ2) is 7.65. The lowest BCUT2D eigenvalue weighted by Gasteiger charge is -2.64. The predicted octanol–water partition coefficient (Wildman–Crippen LogP) is 4.65. The van der Waals surface area contributed by atoms with Gasteiger partial charge in [-0.25, -0.2) is 4.79 Å². The summed E-state index contributed by atoms with van der Waals surface area (Å²) in [6, 6.07) is 0. The lowest BCUT2D eigenvalue weighted by molar-refractivity contribution is -0.184. The largest absolute Gasteiger partial charge is 0.458 e. The number of hydrogen-bond donors (Lipinski definition) is 0. The highest BCUT2D eigenvalue weighted by Crippen LogP contribution is 2.71. The molecule has 0 aromatic rings. The van der Waals surface area contributed by atoms with Crippen LogP contribution in [0.3, 0.4) is 0 Å². The van der Waals surface area contributed by atoms with E-state index in [2.05, 4.69) is 20.8 Å². The van der Waals surface area contributed by atoms with Crippen molar-refractivity contribution in [1.29, 1.82) is 0 Å². The molecule has 0 N–H and O–H groups in total. The summed E-state index contributed by atoms with van der Waals surface area (Å²) in [5.74, 6) is -0.573. The molecule has 0 saturated heterocycles. The molecule has 0 aliphatic heterocycles. The Hall–Kier alpha value is -1.91. The van der Waals surface area contributed by atoms with Crippen molar-refractivity contribution in [2.24, 2.45) is 34.5 Å². The quantitative estimate of drug-likeness (QED) is 0.482. The lowest BCUT2D eigenvalue weighted by Crippen LogP contribution is -2.64. The van der Waals surface area contributed by atoms with E-state index in [1.165, 1.54) is 0 Å². The second-order valence-electron chi connectivity index (χ2n) is 10.4. The minimum Gasteiger partial charge on any atom is -0.458 e. The number of fused-ring (bicyclic) bond motifs is 3. The molecular formula is C25H36O5. The molecule has 0 spiro atoms. The normalized spacial score (nSPS) is 38.0. The fourth-order valence-corrected chi connectivity index (χ4v) is 6.21. The maximum absolute atomic E-state index is 13.0. The molecule has 4 rings (SSSR count). The Balaban J connectivity index is 2.05. The first-order valence-corrected chi connectivity index (χ1v) is 11.2. The van der Waals surface area contributed by atoms with Crippen LogP contribution < -0.4 is 0 Å². The van der Waals surface area contributed by atoms with E-state index in [-0.39, 0.29) is 40.8 Å². The van der Waals surface area contributed by atoms with Gasteiger partial charge in [0.2, 0.25) is 0 Å². The van der Waals surface area contributed by atoms with Gasteiger partial charge in [-0.15, -0.1) is 0 Å². The molecule has 3 saturated carbocycles. The number of allylic oxidation sites excluding steroid dienone is 3. The smallest absolute Gasteiger partial charge is 0.333 e. The number of esters is 2. The van der Waals surface area contributed by atoms with Crippen molar-refractivity contribution in [2.45, 2.75) is 80.4 Å². The van der Waals surface area contributed by atoms with E-state index >= 15 is 0 Å². The van der Waals surface area contributed by atoms with Crippen LogP contribution >= 0.6 is 0 Å². The number of carbonyl (C=O) groups is 3. The zero-order chi connectivity index (χ0) is 22.6. The Kier molecular flexibility index (Phi) is 5.81. The zero-order valence-electron chi connectivity index (χ0n) is 19.6. The molecule has 0 unspecified atom stereocenters. The highest BCUT2D eigenvalue weighted by Gasteiger charge is 2.72.